The Morgan fingerprint density at radius 3 is 2.44 bits per heavy atom. The lowest BCUT2D eigenvalue weighted by Gasteiger charge is -2.21. The zero-order chi connectivity index (χ0) is 13.1. The first kappa shape index (κ1) is 14.0. The van der Waals surface area contributed by atoms with Gasteiger partial charge in [0, 0.05) is 10.4 Å². The van der Waals surface area contributed by atoms with Crippen LogP contribution < -0.4 is 9.47 Å². The summed E-state index contributed by atoms with van der Waals surface area (Å²) in [6.45, 7) is 0. The van der Waals surface area contributed by atoms with E-state index < -0.39 is 0 Å². The molecule has 0 N–H and O–H groups in total. The Kier molecular flexibility index (Phi) is 4.79. The van der Waals surface area contributed by atoms with E-state index in [1.165, 1.54) is 25.7 Å². The fraction of sp³-hybridized carbons (Fsp3) is 0.571. The van der Waals surface area contributed by atoms with Crippen molar-refractivity contribution >= 4 is 27.5 Å². The molecule has 1 fully saturated rings. The standard InChI is InChI=1S/C14H18BrClO2/c1-17-11-8-7-10(14(18-2)13(11)16)12(15)9-5-3-4-6-9/h7-9,12H,3-6H2,1-2H3. The van der Waals surface area contributed by atoms with Crippen LogP contribution in [0.3, 0.4) is 0 Å². The highest BCUT2D eigenvalue weighted by molar-refractivity contribution is 9.09. The summed E-state index contributed by atoms with van der Waals surface area (Å²) in [6, 6.07) is 3.95. The maximum absolute atomic E-state index is 6.29. The Bertz CT molecular complexity index is 417. The number of hydrogen-bond acceptors (Lipinski definition) is 2. The Morgan fingerprint density at radius 1 is 1.22 bits per heavy atom. The highest BCUT2D eigenvalue weighted by Crippen LogP contribution is 2.47. The molecule has 1 unspecified atom stereocenters. The summed E-state index contributed by atoms with van der Waals surface area (Å²) in [7, 11) is 3.27. The van der Waals surface area contributed by atoms with Crippen LogP contribution in [-0.2, 0) is 0 Å². The number of methoxy groups -OCH3 is 2. The van der Waals surface area contributed by atoms with Gasteiger partial charge in [0.05, 0.1) is 14.2 Å². The van der Waals surface area contributed by atoms with Crippen molar-refractivity contribution in [3.8, 4) is 11.5 Å². The second-order valence-corrected chi connectivity index (χ2v) is 6.02. The first-order valence-electron chi connectivity index (χ1n) is 6.23. The SMILES string of the molecule is COc1ccc(C(Br)C2CCCC2)c(OC)c1Cl. The molecule has 0 spiro atoms. The molecule has 18 heavy (non-hydrogen) atoms. The molecule has 0 bridgehead atoms. The molecule has 1 aromatic rings. The molecule has 2 rings (SSSR count). The Morgan fingerprint density at radius 2 is 1.89 bits per heavy atom. The molecule has 0 heterocycles. The molecule has 0 radical (unpaired) electrons. The van der Waals surface area contributed by atoms with E-state index in [0.29, 0.717) is 21.5 Å². The molecule has 0 saturated heterocycles. The topological polar surface area (TPSA) is 18.5 Å². The molecule has 1 aliphatic rings. The molecule has 1 aliphatic carbocycles. The highest BCUT2D eigenvalue weighted by Gasteiger charge is 2.27. The quantitative estimate of drug-likeness (QED) is 0.723. The number of benzene rings is 1. The summed E-state index contributed by atoms with van der Waals surface area (Å²) in [4.78, 5) is 0.304. The smallest absolute Gasteiger partial charge is 0.145 e. The first-order valence-corrected chi connectivity index (χ1v) is 7.52. The Labute approximate surface area is 122 Å². The van der Waals surface area contributed by atoms with Crippen LogP contribution in [0.1, 0.15) is 36.1 Å². The third-order valence-corrected chi connectivity index (χ3v) is 5.23. The van der Waals surface area contributed by atoms with E-state index in [2.05, 4.69) is 15.9 Å². The first-order chi connectivity index (χ1) is 8.69. The number of hydrogen-bond donors (Lipinski definition) is 0. The van der Waals surface area contributed by atoms with Crippen LogP contribution in [0, 0.1) is 5.92 Å². The molecule has 1 saturated carbocycles. The van der Waals surface area contributed by atoms with Gasteiger partial charge in [-0.2, -0.15) is 0 Å². The van der Waals surface area contributed by atoms with Crippen LogP contribution in [0.25, 0.3) is 0 Å². The maximum atomic E-state index is 6.29. The summed E-state index contributed by atoms with van der Waals surface area (Å²) in [5.74, 6) is 2.05. The average molecular weight is 334 g/mol. The van der Waals surface area contributed by atoms with Crippen LogP contribution in [0.5, 0.6) is 11.5 Å². The molecule has 4 heteroatoms. The molecule has 0 amide bonds. The van der Waals surface area contributed by atoms with Crippen molar-refractivity contribution < 1.29 is 9.47 Å². The molecule has 2 nitrogen and oxygen atoms in total. The van der Waals surface area contributed by atoms with Gasteiger partial charge in [-0.05, 0) is 24.8 Å². The van der Waals surface area contributed by atoms with Gasteiger partial charge in [-0.3, -0.25) is 0 Å². The second-order valence-electron chi connectivity index (χ2n) is 4.65. The largest absolute Gasteiger partial charge is 0.495 e. The Hall–Kier alpha value is -0.410. The minimum Gasteiger partial charge on any atom is -0.495 e. The van der Waals surface area contributed by atoms with Gasteiger partial charge in [0.1, 0.15) is 16.5 Å². The fourth-order valence-corrected chi connectivity index (χ4v) is 3.85. The number of alkyl halides is 1. The van der Waals surface area contributed by atoms with E-state index in [4.69, 9.17) is 21.1 Å². The number of ether oxygens (including phenoxy) is 2. The van der Waals surface area contributed by atoms with Crippen molar-refractivity contribution in [2.45, 2.75) is 30.5 Å². The molecule has 0 aliphatic heterocycles. The third kappa shape index (κ3) is 2.62. The van der Waals surface area contributed by atoms with Crippen LogP contribution in [-0.4, -0.2) is 14.2 Å². The lowest BCUT2D eigenvalue weighted by Crippen LogP contribution is -2.05. The van der Waals surface area contributed by atoms with Crippen LogP contribution in [0.15, 0.2) is 12.1 Å². The van der Waals surface area contributed by atoms with Gasteiger partial charge in [-0.1, -0.05) is 46.4 Å². The zero-order valence-corrected chi connectivity index (χ0v) is 13.1. The third-order valence-electron chi connectivity index (χ3n) is 3.63. The van der Waals surface area contributed by atoms with Crippen LogP contribution >= 0.6 is 27.5 Å². The van der Waals surface area contributed by atoms with E-state index >= 15 is 0 Å². The lowest BCUT2D eigenvalue weighted by molar-refractivity contribution is 0.388. The van der Waals surface area contributed by atoms with Crippen molar-refractivity contribution in [3.05, 3.63) is 22.7 Å². The summed E-state index contributed by atoms with van der Waals surface area (Å²) in [5, 5.41) is 0.556. The van der Waals surface area contributed by atoms with E-state index in [-0.39, 0.29) is 0 Å². The van der Waals surface area contributed by atoms with Gasteiger partial charge in [0.15, 0.2) is 0 Å². The van der Waals surface area contributed by atoms with E-state index in [0.717, 1.165) is 11.3 Å². The van der Waals surface area contributed by atoms with Gasteiger partial charge in [0.25, 0.3) is 0 Å². The fourth-order valence-electron chi connectivity index (χ4n) is 2.64. The predicted octanol–water partition coefficient (Wildman–Crippen LogP) is 4.98. The van der Waals surface area contributed by atoms with Gasteiger partial charge in [-0.25, -0.2) is 0 Å². The van der Waals surface area contributed by atoms with Crippen molar-refractivity contribution in [1.82, 2.24) is 0 Å². The average Bonchev–Trinajstić information content (AvgIpc) is 2.91. The molecular formula is C14H18BrClO2. The monoisotopic (exact) mass is 332 g/mol. The summed E-state index contributed by atoms with van der Waals surface area (Å²) >= 11 is 10.1. The number of halogens is 2. The van der Waals surface area contributed by atoms with Crippen molar-refractivity contribution in [3.63, 3.8) is 0 Å². The second kappa shape index (κ2) is 6.16. The Balaban J connectivity index is 2.34. The minimum atomic E-state index is 0.304. The lowest BCUT2D eigenvalue weighted by atomic mass is 9.97. The van der Waals surface area contributed by atoms with Crippen LogP contribution in [0.2, 0.25) is 5.02 Å². The maximum Gasteiger partial charge on any atom is 0.145 e. The summed E-state index contributed by atoms with van der Waals surface area (Å²) < 4.78 is 10.7. The zero-order valence-electron chi connectivity index (χ0n) is 10.7. The highest BCUT2D eigenvalue weighted by atomic mass is 79.9. The van der Waals surface area contributed by atoms with E-state index in [1.54, 1.807) is 14.2 Å². The molecule has 100 valence electrons. The van der Waals surface area contributed by atoms with Crippen molar-refractivity contribution in [2.75, 3.05) is 14.2 Å². The van der Waals surface area contributed by atoms with Gasteiger partial charge in [0.2, 0.25) is 0 Å². The summed E-state index contributed by atoms with van der Waals surface area (Å²) in [5.41, 5.74) is 1.12. The minimum absolute atomic E-state index is 0.304. The molecule has 0 aromatic heterocycles. The van der Waals surface area contributed by atoms with E-state index in [9.17, 15) is 0 Å². The number of rotatable bonds is 4. The van der Waals surface area contributed by atoms with Gasteiger partial charge in [-0.15, -0.1) is 0 Å². The van der Waals surface area contributed by atoms with E-state index in [1.807, 2.05) is 12.1 Å². The molecule has 1 aromatic carbocycles. The van der Waals surface area contributed by atoms with Gasteiger partial charge < -0.3 is 9.47 Å². The van der Waals surface area contributed by atoms with Gasteiger partial charge >= 0.3 is 0 Å². The summed E-state index contributed by atoms with van der Waals surface area (Å²) in [6.07, 6.45) is 5.17. The van der Waals surface area contributed by atoms with Crippen molar-refractivity contribution in [2.24, 2.45) is 5.92 Å². The predicted molar refractivity (Wildman–Crippen MR) is 78.2 cm³/mol. The van der Waals surface area contributed by atoms with Crippen LogP contribution in [0.4, 0.5) is 0 Å². The normalized spacial score (nSPS) is 17.8. The molecule has 1 atom stereocenters. The van der Waals surface area contributed by atoms with Crippen molar-refractivity contribution in [1.29, 1.82) is 0 Å². The molecular weight excluding hydrogens is 316 g/mol.